The van der Waals surface area contributed by atoms with Crippen molar-refractivity contribution >= 4 is 17.5 Å². The monoisotopic (exact) mass is 468 g/mol. The quantitative estimate of drug-likeness (QED) is 0.273. The zero-order chi connectivity index (χ0) is 24.6. The molecule has 0 aliphatic carbocycles. The maximum atomic E-state index is 12.8. The highest BCUT2D eigenvalue weighted by molar-refractivity contribution is 6.05. The van der Waals surface area contributed by atoms with Crippen molar-refractivity contribution in [3.8, 4) is 5.75 Å². The number of primary amides is 1. The number of amides is 2. The third-order valence-corrected chi connectivity index (χ3v) is 5.75. The van der Waals surface area contributed by atoms with Crippen molar-refractivity contribution < 1.29 is 19.1 Å². The molecule has 0 atom stereocenters. The minimum atomic E-state index is -0.537. The van der Waals surface area contributed by atoms with Crippen LogP contribution in [0.2, 0.25) is 0 Å². The Kier molecular flexibility index (Phi) is 12.8. The molecular weight excluding hydrogens is 428 g/mol. The zero-order valence-corrected chi connectivity index (χ0v) is 20.7. The number of nitrogens with two attached hydrogens (primary N) is 1. The Morgan fingerprint density at radius 1 is 0.824 bits per heavy atom. The molecule has 0 aliphatic rings. The van der Waals surface area contributed by atoms with Crippen molar-refractivity contribution in [3.63, 3.8) is 0 Å². The third kappa shape index (κ3) is 9.96. The molecule has 2 rings (SSSR count). The molecule has 0 saturated heterocycles. The highest BCUT2D eigenvalue weighted by atomic mass is 16.5. The van der Waals surface area contributed by atoms with Gasteiger partial charge >= 0.3 is 0 Å². The normalized spacial score (nSPS) is 10.8. The van der Waals surface area contributed by atoms with E-state index in [4.69, 9.17) is 15.2 Å². The van der Waals surface area contributed by atoms with Crippen LogP contribution in [0.5, 0.6) is 5.75 Å². The molecule has 0 heterocycles. The van der Waals surface area contributed by atoms with Gasteiger partial charge < -0.3 is 20.5 Å². The molecule has 186 valence electrons. The number of anilines is 1. The van der Waals surface area contributed by atoms with Gasteiger partial charge in [-0.05, 0) is 61.7 Å². The number of nitrogens with one attached hydrogen (secondary N) is 1. The lowest BCUT2D eigenvalue weighted by Gasteiger charge is -2.13. The second kappa shape index (κ2) is 15.9. The maximum Gasteiger partial charge on any atom is 0.255 e. The van der Waals surface area contributed by atoms with Crippen LogP contribution in [0.15, 0.2) is 42.5 Å². The Morgan fingerprint density at radius 3 is 2.12 bits per heavy atom. The number of carbonyl (C=O) groups is 2. The predicted octanol–water partition coefficient (Wildman–Crippen LogP) is 6.14. The van der Waals surface area contributed by atoms with Gasteiger partial charge in [-0.1, -0.05) is 57.9 Å². The zero-order valence-electron chi connectivity index (χ0n) is 20.7. The van der Waals surface area contributed by atoms with E-state index in [0.29, 0.717) is 43.1 Å². The molecule has 34 heavy (non-hydrogen) atoms. The van der Waals surface area contributed by atoms with Gasteiger partial charge in [-0.15, -0.1) is 0 Å². The molecule has 6 nitrogen and oxygen atoms in total. The van der Waals surface area contributed by atoms with Gasteiger partial charge in [-0.2, -0.15) is 0 Å². The second-order valence-corrected chi connectivity index (χ2v) is 8.48. The Hall–Kier alpha value is -2.86. The van der Waals surface area contributed by atoms with Crippen LogP contribution in [-0.2, 0) is 11.2 Å². The summed E-state index contributed by atoms with van der Waals surface area (Å²) in [5.41, 5.74) is 7.73. The molecule has 0 fully saturated rings. The summed E-state index contributed by atoms with van der Waals surface area (Å²) < 4.78 is 11.3. The van der Waals surface area contributed by atoms with Gasteiger partial charge in [0.05, 0.1) is 13.2 Å². The molecule has 0 aromatic heterocycles. The third-order valence-electron chi connectivity index (χ3n) is 5.75. The van der Waals surface area contributed by atoms with Crippen LogP contribution >= 0.6 is 0 Å². The topological polar surface area (TPSA) is 90.6 Å². The largest absolute Gasteiger partial charge is 0.494 e. The summed E-state index contributed by atoms with van der Waals surface area (Å²) in [6.45, 7) is 6.00. The highest BCUT2D eigenvalue weighted by Gasteiger charge is 2.12. The van der Waals surface area contributed by atoms with Crippen molar-refractivity contribution in [2.45, 2.75) is 71.6 Å². The van der Waals surface area contributed by atoms with Crippen LogP contribution in [-0.4, -0.2) is 31.6 Å². The first-order valence-electron chi connectivity index (χ1n) is 12.6. The van der Waals surface area contributed by atoms with E-state index in [1.807, 2.05) is 19.1 Å². The fourth-order valence-electron chi connectivity index (χ4n) is 3.71. The highest BCUT2D eigenvalue weighted by Crippen LogP contribution is 2.21. The molecule has 0 spiro atoms. The van der Waals surface area contributed by atoms with Crippen molar-refractivity contribution in [2.75, 3.05) is 25.1 Å². The summed E-state index contributed by atoms with van der Waals surface area (Å²) >= 11 is 0. The lowest BCUT2D eigenvalue weighted by Crippen LogP contribution is -2.16. The molecule has 3 N–H and O–H groups in total. The summed E-state index contributed by atoms with van der Waals surface area (Å²) in [6.07, 6.45) is 10.7. The minimum Gasteiger partial charge on any atom is -0.494 e. The Morgan fingerprint density at radius 2 is 1.47 bits per heavy atom. The maximum absolute atomic E-state index is 12.8. The minimum absolute atomic E-state index is 0.256. The van der Waals surface area contributed by atoms with E-state index >= 15 is 0 Å². The molecule has 6 heteroatoms. The molecule has 0 unspecified atom stereocenters. The van der Waals surface area contributed by atoms with E-state index < -0.39 is 5.91 Å². The summed E-state index contributed by atoms with van der Waals surface area (Å²) in [4.78, 5) is 24.4. The smallest absolute Gasteiger partial charge is 0.255 e. The number of benzene rings is 2. The Balaban J connectivity index is 1.85. The van der Waals surface area contributed by atoms with Crippen LogP contribution < -0.4 is 15.8 Å². The lowest BCUT2D eigenvalue weighted by atomic mass is 10.1. The summed E-state index contributed by atoms with van der Waals surface area (Å²) in [5, 5.41) is 2.91. The molecule has 2 aromatic rings. The average Bonchev–Trinajstić information content (AvgIpc) is 2.84. The first kappa shape index (κ1) is 27.4. The van der Waals surface area contributed by atoms with Crippen LogP contribution in [0.4, 0.5) is 5.69 Å². The molecule has 0 radical (unpaired) electrons. The molecule has 2 amide bonds. The first-order valence-corrected chi connectivity index (χ1v) is 12.6. The lowest BCUT2D eigenvalue weighted by molar-refractivity contribution is 0.0996. The van der Waals surface area contributed by atoms with Crippen LogP contribution in [0.25, 0.3) is 0 Å². The first-order chi connectivity index (χ1) is 16.5. The van der Waals surface area contributed by atoms with Crippen molar-refractivity contribution in [3.05, 3.63) is 59.2 Å². The number of rotatable bonds is 17. The molecule has 0 saturated carbocycles. The van der Waals surface area contributed by atoms with E-state index in [-0.39, 0.29) is 5.91 Å². The van der Waals surface area contributed by atoms with E-state index in [9.17, 15) is 9.59 Å². The van der Waals surface area contributed by atoms with Gasteiger partial charge in [0, 0.05) is 23.4 Å². The standard InChI is InChI=1S/C28H40N2O4/c1-3-5-6-7-8-9-10-11-19-34-25-16-14-23(15-17-25)28(32)30-26-21-24(27(29)31)13-12-22(26)18-20-33-4-2/h12-17,21H,3-11,18-20H2,1-2H3,(H2,29,31)(H,30,32). The van der Waals surface area contributed by atoms with E-state index in [0.717, 1.165) is 17.7 Å². The van der Waals surface area contributed by atoms with Crippen LogP contribution in [0.3, 0.4) is 0 Å². The molecule has 2 aromatic carbocycles. The van der Waals surface area contributed by atoms with Crippen LogP contribution in [0, 0.1) is 0 Å². The van der Waals surface area contributed by atoms with Crippen molar-refractivity contribution in [2.24, 2.45) is 5.73 Å². The number of carbonyl (C=O) groups excluding carboxylic acids is 2. The second-order valence-electron chi connectivity index (χ2n) is 8.48. The van der Waals surface area contributed by atoms with E-state index in [1.54, 1.807) is 30.3 Å². The average molecular weight is 469 g/mol. The number of hydrogen-bond donors (Lipinski definition) is 2. The van der Waals surface area contributed by atoms with Crippen molar-refractivity contribution in [1.82, 2.24) is 0 Å². The summed E-state index contributed by atoms with van der Waals surface area (Å²) in [7, 11) is 0. The van der Waals surface area contributed by atoms with Gasteiger partial charge in [0.1, 0.15) is 5.75 Å². The van der Waals surface area contributed by atoms with Gasteiger partial charge in [-0.3, -0.25) is 9.59 Å². The SMILES string of the molecule is CCCCCCCCCCOc1ccc(C(=O)Nc2cc(C(N)=O)ccc2CCOCC)cc1. The summed E-state index contributed by atoms with van der Waals surface area (Å²) in [5.74, 6) is -0.0358. The van der Waals surface area contributed by atoms with Gasteiger partial charge in [0.15, 0.2) is 0 Å². The van der Waals surface area contributed by atoms with E-state index in [1.165, 1.54) is 44.9 Å². The summed E-state index contributed by atoms with van der Waals surface area (Å²) in [6, 6.07) is 12.2. The van der Waals surface area contributed by atoms with Gasteiger partial charge in [0.2, 0.25) is 5.91 Å². The van der Waals surface area contributed by atoms with Crippen LogP contribution in [0.1, 0.15) is 91.5 Å². The van der Waals surface area contributed by atoms with Gasteiger partial charge in [-0.25, -0.2) is 0 Å². The molecule has 0 aliphatic heterocycles. The fraction of sp³-hybridized carbons (Fsp3) is 0.500. The van der Waals surface area contributed by atoms with Crippen molar-refractivity contribution in [1.29, 1.82) is 0 Å². The Labute approximate surface area is 204 Å². The van der Waals surface area contributed by atoms with E-state index in [2.05, 4.69) is 12.2 Å². The predicted molar refractivity (Wildman–Crippen MR) is 138 cm³/mol. The van der Waals surface area contributed by atoms with Gasteiger partial charge in [0.25, 0.3) is 5.91 Å². The molecule has 0 bridgehead atoms. The molecular formula is C28H40N2O4. The fourth-order valence-corrected chi connectivity index (χ4v) is 3.71. The number of hydrogen-bond acceptors (Lipinski definition) is 4. The number of ether oxygens (including phenoxy) is 2. The number of unbranched alkanes of at least 4 members (excludes halogenated alkanes) is 7. The Bertz CT molecular complexity index is 880.